The van der Waals surface area contributed by atoms with Gasteiger partial charge in [0.15, 0.2) is 0 Å². The Morgan fingerprint density at radius 3 is 0.800 bits per heavy atom. The van der Waals surface area contributed by atoms with Gasteiger partial charge in [0, 0.05) is 10.5 Å². The second-order valence-corrected chi connectivity index (χ2v) is 20.8. The van der Waals surface area contributed by atoms with Gasteiger partial charge in [0.1, 0.15) is 0 Å². The minimum atomic E-state index is -0.220. The first kappa shape index (κ1) is 31.8. The fourth-order valence-electron chi connectivity index (χ4n) is 6.93. The van der Waals surface area contributed by atoms with Gasteiger partial charge in [0.25, 0.3) is 0 Å². The Labute approximate surface area is 228 Å². The SMILES string of the molecule is CC(C)(SC1CC(C(C)(C)C)C(O)C(C(C)(C)C)C1)SC1CC(C(C)(C)C)C(O)C(C(C)(C)C)C1. The number of hydrogen-bond donors (Lipinski definition) is 2. The van der Waals surface area contributed by atoms with Crippen molar-refractivity contribution < 1.29 is 10.2 Å². The van der Waals surface area contributed by atoms with Crippen molar-refractivity contribution in [1.82, 2.24) is 0 Å². The Hall–Kier alpha value is 0.620. The lowest BCUT2D eigenvalue weighted by Crippen LogP contribution is -2.49. The van der Waals surface area contributed by atoms with Crippen molar-refractivity contribution in [3.05, 3.63) is 0 Å². The fourth-order valence-corrected chi connectivity index (χ4v) is 10.8. The van der Waals surface area contributed by atoms with Crippen molar-refractivity contribution in [3.63, 3.8) is 0 Å². The third-order valence-corrected chi connectivity index (χ3v) is 12.2. The molecule has 4 heteroatoms. The second kappa shape index (κ2) is 10.6. The summed E-state index contributed by atoms with van der Waals surface area (Å²) in [5.74, 6) is 1.33. The molecule has 2 nitrogen and oxygen atoms in total. The highest BCUT2D eigenvalue weighted by Crippen LogP contribution is 2.56. The zero-order valence-electron chi connectivity index (χ0n) is 25.7. The van der Waals surface area contributed by atoms with Crippen LogP contribution in [0.1, 0.15) is 123 Å². The van der Waals surface area contributed by atoms with Crippen molar-refractivity contribution in [2.75, 3.05) is 0 Å². The van der Waals surface area contributed by atoms with E-state index in [1.807, 2.05) is 0 Å². The number of aliphatic hydroxyl groups is 2. The van der Waals surface area contributed by atoms with E-state index in [9.17, 15) is 10.2 Å². The van der Waals surface area contributed by atoms with Gasteiger partial charge in [-0.2, -0.15) is 0 Å². The number of thioether (sulfide) groups is 2. The number of rotatable bonds is 4. The molecule has 208 valence electrons. The standard InChI is InChI=1S/C31H60O2S2/c1-27(2,3)21-15-19(16-22(25(21)32)28(4,5)6)34-31(13,14)35-20-17-23(29(7,8)9)26(33)24(18-20)30(10,11)12/h19-26,32-33H,15-18H2,1-14H3. The van der Waals surface area contributed by atoms with Crippen LogP contribution in [0.4, 0.5) is 0 Å². The lowest BCUT2D eigenvalue weighted by molar-refractivity contribution is -0.0641. The van der Waals surface area contributed by atoms with Gasteiger partial charge in [-0.3, -0.25) is 0 Å². The Morgan fingerprint density at radius 2 is 0.629 bits per heavy atom. The topological polar surface area (TPSA) is 40.5 Å². The predicted octanol–water partition coefficient (Wildman–Crippen LogP) is 8.88. The number of hydrogen-bond acceptors (Lipinski definition) is 4. The van der Waals surface area contributed by atoms with Gasteiger partial charge < -0.3 is 10.2 Å². The molecule has 4 unspecified atom stereocenters. The third-order valence-electron chi connectivity index (χ3n) is 9.07. The molecule has 2 aliphatic carbocycles. The summed E-state index contributed by atoms with van der Waals surface area (Å²) in [6.45, 7) is 32.5. The van der Waals surface area contributed by atoms with Crippen LogP contribution in [0.5, 0.6) is 0 Å². The molecule has 0 aromatic rings. The molecule has 0 radical (unpaired) electrons. The van der Waals surface area contributed by atoms with Crippen LogP contribution in [-0.4, -0.2) is 37.0 Å². The summed E-state index contributed by atoms with van der Waals surface area (Å²) in [5, 5.41) is 23.9. The molecule has 0 heterocycles. The first-order valence-electron chi connectivity index (χ1n) is 14.2. The van der Waals surface area contributed by atoms with Crippen molar-refractivity contribution in [2.45, 2.75) is 149 Å². The van der Waals surface area contributed by atoms with E-state index in [0.29, 0.717) is 34.2 Å². The smallest absolute Gasteiger partial charge is 0.0607 e. The van der Waals surface area contributed by atoms with Crippen LogP contribution in [0.2, 0.25) is 0 Å². The van der Waals surface area contributed by atoms with Crippen LogP contribution in [0.15, 0.2) is 0 Å². The predicted molar refractivity (Wildman–Crippen MR) is 159 cm³/mol. The minimum Gasteiger partial charge on any atom is -0.393 e. The first-order valence-corrected chi connectivity index (χ1v) is 15.9. The maximum Gasteiger partial charge on any atom is 0.0607 e. The highest BCUT2D eigenvalue weighted by atomic mass is 32.2. The van der Waals surface area contributed by atoms with Gasteiger partial charge >= 0.3 is 0 Å². The largest absolute Gasteiger partial charge is 0.393 e. The Bertz CT molecular complexity index is 583. The average Bonchev–Trinajstić information content (AvgIpc) is 2.60. The molecule has 0 bridgehead atoms. The molecule has 2 rings (SSSR count). The van der Waals surface area contributed by atoms with Gasteiger partial charge in [0.2, 0.25) is 0 Å². The molecule has 0 spiro atoms. The maximum atomic E-state index is 11.4. The van der Waals surface area contributed by atoms with Gasteiger partial charge in [-0.05, 0) is 84.9 Å². The van der Waals surface area contributed by atoms with Crippen LogP contribution < -0.4 is 0 Å². The van der Waals surface area contributed by atoms with Crippen LogP contribution in [0.25, 0.3) is 0 Å². The molecule has 0 amide bonds. The molecular formula is C31H60O2S2. The van der Waals surface area contributed by atoms with Crippen LogP contribution in [0, 0.1) is 45.3 Å². The van der Waals surface area contributed by atoms with E-state index in [4.69, 9.17) is 0 Å². The van der Waals surface area contributed by atoms with E-state index < -0.39 is 0 Å². The molecule has 2 fully saturated rings. The lowest BCUT2D eigenvalue weighted by atomic mass is 9.61. The zero-order chi connectivity index (χ0) is 27.4. The van der Waals surface area contributed by atoms with Crippen LogP contribution in [-0.2, 0) is 0 Å². The fraction of sp³-hybridized carbons (Fsp3) is 1.00. The van der Waals surface area contributed by atoms with E-state index in [1.165, 1.54) is 0 Å². The van der Waals surface area contributed by atoms with Gasteiger partial charge in [-0.1, -0.05) is 83.1 Å². The summed E-state index contributed by atoms with van der Waals surface area (Å²) in [7, 11) is 0. The normalized spacial score (nSPS) is 36.3. The average molecular weight is 529 g/mol. The quantitative estimate of drug-likeness (QED) is 0.357. The molecular weight excluding hydrogens is 468 g/mol. The summed E-state index contributed by atoms with van der Waals surface area (Å²) in [4.78, 5) is 0. The molecule has 2 N–H and O–H groups in total. The van der Waals surface area contributed by atoms with E-state index in [1.54, 1.807) is 0 Å². The van der Waals surface area contributed by atoms with E-state index in [2.05, 4.69) is 120 Å². The van der Waals surface area contributed by atoms with Crippen LogP contribution >= 0.6 is 23.5 Å². The minimum absolute atomic E-state index is 0.107. The molecule has 4 atom stereocenters. The summed E-state index contributed by atoms with van der Waals surface area (Å²) < 4.78 is 0.107. The molecule has 35 heavy (non-hydrogen) atoms. The van der Waals surface area contributed by atoms with Gasteiger partial charge in [-0.15, -0.1) is 23.5 Å². The monoisotopic (exact) mass is 528 g/mol. The van der Waals surface area contributed by atoms with Crippen molar-refractivity contribution in [2.24, 2.45) is 45.3 Å². The Kier molecular flexibility index (Phi) is 9.69. The molecule has 0 aromatic carbocycles. The Morgan fingerprint density at radius 1 is 0.429 bits per heavy atom. The maximum absolute atomic E-state index is 11.4. The summed E-state index contributed by atoms with van der Waals surface area (Å²) in [6.07, 6.45) is 3.97. The summed E-state index contributed by atoms with van der Waals surface area (Å²) in [5.41, 5.74) is 0.440. The molecule has 0 saturated heterocycles. The van der Waals surface area contributed by atoms with E-state index in [0.717, 1.165) is 25.7 Å². The molecule has 0 aromatic heterocycles. The lowest BCUT2D eigenvalue weighted by Gasteiger charge is -2.51. The van der Waals surface area contributed by atoms with Crippen molar-refractivity contribution in [3.8, 4) is 0 Å². The first-order chi connectivity index (χ1) is 15.4. The van der Waals surface area contributed by atoms with Gasteiger partial charge in [-0.25, -0.2) is 0 Å². The highest BCUT2D eigenvalue weighted by molar-refractivity contribution is 8.18. The van der Waals surface area contributed by atoms with Crippen molar-refractivity contribution >= 4 is 23.5 Å². The molecule has 2 aliphatic rings. The number of aliphatic hydroxyl groups excluding tert-OH is 2. The van der Waals surface area contributed by atoms with Gasteiger partial charge in [0.05, 0.1) is 16.3 Å². The summed E-state index contributed by atoms with van der Waals surface area (Å²) >= 11 is 4.33. The van der Waals surface area contributed by atoms with Crippen molar-refractivity contribution in [1.29, 1.82) is 0 Å². The van der Waals surface area contributed by atoms with E-state index >= 15 is 0 Å². The highest BCUT2D eigenvalue weighted by Gasteiger charge is 2.49. The second-order valence-electron chi connectivity index (χ2n) is 16.7. The third kappa shape index (κ3) is 8.30. The van der Waals surface area contributed by atoms with Crippen LogP contribution in [0.3, 0.4) is 0 Å². The Balaban J connectivity index is 2.22. The van der Waals surface area contributed by atoms with E-state index in [-0.39, 0.29) is 37.9 Å². The molecule has 0 aliphatic heterocycles. The zero-order valence-corrected chi connectivity index (χ0v) is 27.3. The molecule has 2 saturated carbocycles. The summed E-state index contributed by atoms with van der Waals surface area (Å²) in [6, 6.07) is 0.